The third-order valence-electron chi connectivity index (χ3n) is 4.34. The smallest absolute Gasteiger partial charge is 0.194 e. The molecule has 128 valence electrons. The number of rotatable bonds is 2. The Labute approximate surface area is 139 Å². The van der Waals surface area contributed by atoms with Crippen LogP contribution in [0.1, 0.15) is 22.8 Å². The molecule has 0 bridgehead atoms. The van der Waals surface area contributed by atoms with Crippen molar-refractivity contribution in [1.82, 2.24) is 25.0 Å². The molecule has 8 heteroatoms. The average molecular weight is 334 g/mol. The molecule has 0 fully saturated rings. The van der Waals surface area contributed by atoms with Gasteiger partial charge in [-0.1, -0.05) is 0 Å². The predicted octanol–water partition coefficient (Wildman–Crippen LogP) is 1.54. The van der Waals surface area contributed by atoms with Gasteiger partial charge in [0.2, 0.25) is 0 Å². The second kappa shape index (κ2) is 6.54. The molecule has 1 N–H and O–H groups in total. The summed E-state index contributed by atoms with van der Waals surface area (Å²) in [5.74, 6) is 1.28. The Morgan fingerprint density at radius 1 is 1.33 bits per heavy atom. The van der Waals surface area contributed by atoms with Crippen molar-refractivity contribution in [3.63, 3.8) is 0 Å². The van der Waals surface area contributed by atoms with Crippen LogP contribution in [0.4, 0.5) is 8.78 Å². The monoisotopic (exact) mass is 334 g/mol. The Bertz CT molecular complexity index is 783. The second-order valence-electron chi connectivity index (χ2n) is 5.82. The number of fused-ring (bicyclic) bond motifs is 1. The van der Waals surface area contributed by atoms with E-state index in [-0.39, 0.29) is 0 Å². The minimum atomic E-state index is -0.550. The zero-order chi connectivity index (χ0) is 17.3. The predicted molar refractivity (Wildman–Crippen MR) is 86.4 cm³/mol. The van der Waals surface area contributed by atoms with Gasteiger partial charge in [0.1, 0.15) is 17.5 Å². The first kappa shape index (κ1) is 16.4. The van der Waals surface area contributed by atoms with Gasteiger partial charge < -0.3 is 14.8 Å². The zero-order valence-corrected chi connectivity index (χ0v) is 14.0. The highest BCUT2D eigenvalue weighted by Crippen LogP contribution is 2.23. The van der Waals surface area contributed by atoms with Gasteiger partial charge in [-0.2, -0.15) is 0 Å². The molecule has 1 aliphatic rings. The molecule has 24 heavy (non-hydrogen) atoms. The molecule has 0 aliphatic carbocycles. The van der Waals surface area contributed by atoms with Crippen molar-refractivity contribution >= 4 is 5.96 Å². The second-order valence-corrected chi connectivity index (χ2v) is 5.82. The standard InChI is InChI=1S/C16H20F2N6/c1-10-21-22-15(23(10)3)8-20-16(19-2)24-5-4-13-11(9-24)6-12(17)7-14(13)18/h6-7H,4-5,8-9H2,1-3H3,(H,19,20). The fraction of sp³-hybridized carbons (Fsp3) is 0.438. The lowest BCUT2D eigenvalue weighted by Crippen LogP contribution is -2.44. The molecule has 2 aromatic rings. The molecule has 0 spiro atoms. The summed E-state index contributed by atoms with van der Waals surface area (Å²) in [7, 11) is 3.59. The van der Waals surface area contributed by atoms with Crippen LogP contribution in [-0.4, -0.2) is 39.2 Å². The highest BCUT2D eigenvalue weighted by Gasteiger charge is 2.22. The number of aromatic nitrogens is 3. The lowest BCUT2D eigenvalue weighted by molar-refractivity contribution is 0.369. The third kappa shape index (κ3) is 3.08. The van der Waals surface area contributed by atoms with Crippen molar-refractivity contribution in [3.05, 3.63) is 46.5 Å². The summed E-state index contributed by atoms with van der Waals surface area (Å²) in [5.41, 5.74) is 1.25. The van der Waals surface area contributed by atoms with E-state index in [4.69, 9.17) is 0 Å². The van der Waals surface area contributed by atoms with Gasteiger partial charge in [0.15, 0.2) is 11.8 Å². The molecule has 1 aliphatic heterocycles. The van der Waals surface area contributed by atoms with Crippen molar-refractivity contribution in [2.75, 3.05) is 13.6 Å². The maximum atomic E-state index is 13.8. The van der Waals surface area contributed by atoms with Gasteiger partial charge in [-0.25, -0.2) is 8.78 Å². The number of halogens is 2. The maximum absolute atomic E-state index is 13.8. The highest BCUT2D eigenvalue weighted by molar-refractivity contribution is 5.80. The molecule has 0 atom stereocenters. The molecule has 0 amide bonds. The van der Waals surface area contributed by atoms with Crippen molar-refractivity contribution in [3.8, 4) is 0 Å². The Morgan fingerprint density at radius 3 is 2.79 bits per heavy atom. The van der Waals surface area contributed by atoms with E-state index >= 15 is 0 Å². The number of nitrogens with zero attached hydrogens (tertiary/aromatic N) is 5. The van der Waals surface area contributed by atoms with Gasteiger partial charge >= 0.3 is 0 Å². The van der Waals surface area contributed by atoms with Gasteiger partial charge in [-0.15, -0.1) is 10.2 Å². The third-order valence-corrected chi connectivity index (χ3v) is 4.34. The van der Waals surface area contributed by atoms with Gasteiger partial charge in [0, 0.05) is 33.3 Å². The number of hydrogen-bond donors (Lipinski definition) is 1. The van der Waals surface area contributed by atoms with Crippen LogP contribution in [0.2, 0.25) is 0 Å². The van der Waals surface area contributed by atoms with Crippen LogP contribution >= 0.6 is 0 Å². The van der Waals surface area contributed by atoms with Gasteiger partial charge in [0.25, 0.3) is 0 Å². The maximum Gasteiger partial charge on any atom is 0.194 e. The van der Waals surface area contributed by atoms with Crippen molar-refractivity contribution in [2.45, 2.75) is 26.4 Å². The van der Waals surface area contributed by atoms with E-state index in [1.54, 1.807) is 7.05 Å². The molecular formula is C16H20F2N6. The molecule has 2 heterocycles. The SMILES string of the molecule is CN=C(NCc1nnc(C)n1C)N1CCc2c(F)cc(F)cc2C1. The Morgan fingerprint density at radius 2 is 2.12 bits per heavy atom. The van der Waals surface area contributed by atoms with E-state index in [1.807, 2.05) is 23.4 Å². The van der Waals surface area contributed by atoms with Crippen LogP contribution in [0.3, 0.4) is 0 Å². The summed E-state index contributed by atoms with van der Waals surface area (Å²) in [6.45, 7) is 3.40. The topological polar surface area (TPSA) is 58.3 Å². The number of nitrogens with one attached hydrogen (secondary N) is 1. The lowest BCUT2D eigenvalue weighted by atomic mass is 9.99. The van der Waals surface area contributed by atoms with E-state index in [0.29, 0.717) is 43.1 Å². The van der Waals surface area contributed by atoms with Crippen molar-refractivity contribution in [2.24, 2.45) is 12.0 Å². The summed E-state index contributed by atoms with van der Waals surface area (Å²) in [6, 6.07) is 2.34. The summed E-state index contributed by atoms with van der Waals surface area (Å²) in [5, 5.41) is 11.4. The fourth-order valence-electron chi connectivity index (χ4n) is 2.89. The summed E-state index contributed by atoms with van der Waals surface area (Å²) < 4.78 is 29.2. The minimum Gasteiger partial charge on any atom is -0.349 e. The Kier molecular flexibility index (Phi) is 4.46. The molecule has 0 saturated carbocycles. The number of benzene rings is 1. The highest BCUT2D eigenvalue weighted by atomic mass is 19.1. The average Bonchev–Trinajstić information content (AvgIpc) is 2.87. The van der Waals surface area contributed by atoms with Crippen LogP contribution in [0, 0.1) is 18.6 Å². The summed E-state index contributed by atoms with van der Waals surface area (Å²) in [4.78, 5) is 6.24. The molecule has 1 aromatic heterocycles. The van der Waals surface area contributed by atoms with Crippen LogP contribution in [0.15, 0.2) is 17.1 Å². The molecule has 0 saturated heterocycles. The summed E-state index contributed by atoms with van der Waals surface area (Å²) in [6.07, 6.45) is 0.519. The number of guanidine groups is 1. The van der Waals surface area contributed by atoms with Crippen molar-refractivity contribution < 1.29 is 8.78 Å². The summed E-state index contributed by atoms with van der Waals surface area (Å²) >= 11 is 0. The lowest BCUT2D eigenvalue weighted by Gasteiger charge is -2.31. The Hall–Kier alpha value is -2.51. The molecule has 3 rings (SSSR count). The van der Waals surface area contributed by atoms with E-state index in [1.165, 1.54) is 6.07 Å². The molecule has 1 aromatic carbocycles. The molecule has 0 radical (unpaired) electrons. The zero-order valence-electron chi connectivity index (χ0n) is 14.0. The fourth-order valence-corrected chi connectivity index (χ4v) is 2.89. The number of aryl methyl sites for hydroxylation is 1. The van der Waals surface area contributed by atoms with Gasteiger partial charge in [-0.05, 0) is 30.5 Å². The molecule has 0 unspecified atom stereocenters. The molecular weight excluding hydrogens is 314 g/mol. The normalized spacial score (nSPS) is 14.7. The van der Waals surface area contributed by atoms with E-state index < -0.39 is 11.6 Å². The quantitative estimate of drug-likeness (QED) is 0.668. The van der Waals surface area contributed by atoms with Crippen molar-refractivity contribution in [1.29, 1.82) is 0 Å². The Balaban J connectivity index is 1.72. The first-order valence-electron chi connectivity index (χ1n) is 7.77. The van der Waals surface area contributed by atoms with Gasteiger partial charge in [0.05, 0.1) is 6.54 Å². The minimum absolute atomic E-state index is 0.418. The first-order valence-corrected chi connectivity index (χ1v) is 7.77. The van der Waals surface area contributed by atoms with E-state index in [2.05, 4.69) is 20.5 Å². The number of aliphatic imine (C=N–C) groups is 1. The van der Waals surface area contributed by atoms with Crippen LogP contribution in [0.5, 0.6) is 0 Å². The first-order chi connectivity index (χ1) is 11.5. The van der Waals surface area contributed by atoms with Crippen LogP contribution in [0.25, 0.3) is 0 Å². The van der Waals surface area contributed by atoms with Gasteiger partial charge in [-0.3, -0.25) is 4.99 Å². The molecule has 6 nitrogen and oxygen atoms in total. The van der Waals surface area contributed by atoms with E-state index in [9.17, 15) is 8.78 Å². The largest absolute Gasteiger partial charge is 0.349 e. The van der Waals surface area contributed by atoms with Crippen LogP contribution < -0.4 is 5.32 Å². The van der Waals surface area contributed by atoms with Crippen LogP contribution in [-0.2, 0) is 26.6 Å². The van der Waals surface area contributed by atoms with E-state index in [0.717, 1.165) is 17.7 Å². The number of hydrogen-bond acceptors (Lipinski definition) is 3.